The molecule has 1 atom stereocenters. The van der Waals surface area contributed by atoms with Crippen LogP contribution in [0.15, 0.2) is 0 Å². The summed E-state index contributed by atoms with van der Waals surface area (Å²) in [5.74, 6) is -0.521. The monoisotopic (exact) mass is 201 g/mol. The van der Waals surface area contributed by atoms with Gasteiger partial charge in [0.15, 0.2) is 0 Å². The molecular weight excluding hydrogens is 195 g/mol. The molecule has 1 rings (SSSR count). The van der Waals surface area contributed by atoms with Crippen molar-refractivity contribution in [2.24, 2.45) is 0 Å². The van der Waals surface area contributed by atoms with E-state index in [1.54, 1.807) is 0 Å². The lowest BCUT2D eigenvalue weighted by atomic mass is 10.4. The molecule has 70 valence electrons. The minimum Gasteiger partial charge on any atom is -0.332 e. The van der Waals surface area contributed by atoms with Crippen molar-refractivity contribution in [3.63, 3.8) is 0 Å². The summed E-state index contributed by atoms with van der Waals surface area (Å²) in [7, 11) is 0. The third-order valence-corrected chi connectivity index (χ3v) is 1.83. The third kappa shape index (κ3) is 2.55. The molecule has 0 N–H and O–H groups in total. The molecule has 2 nitrogen and oxygen atoms in total. The zero-order valence-electron chi connectivity index (χ0n) is 6.07. The average molecular weight is 202 g/mol. The highest BCUT2D eigenvalue weighted by molar-refractivity contribution is 6.22. The van der Waals surface area contributed by atoms with Gasteiger partial charge >= 0.3 is 6.18 Å². The molecule has 1 unspecified atom stereocenters. The van der Waals surface area contributed by atoms with Gasteiger partial charge < -0.3 is 4.90 Å². The van der Waals surface area contributed by atoms with E-state index in [2.05, 4.69) is 0 Å². The number of likely N-dealkylation sites (tertiary alicyclic amines) is 1. The predicted octanol–water partition coefficient (Wildman–Crippen LogP) is 1.39. The van der Waals surface area contributed by atoms with Crippen LogP contribution in [-0.4, -0.2) is 35.4 Å². The summed E-state index contributed by atoms with van der Waals surface area (Å²) in [6.45, 7) is -1.19. The molecule has 1 amide bonds. The number of halogens is 4. The summed E-state index contributed by atoms with van der Waals surface area (Å²) in [6, 6.07) is 0. The summed E-state index contributed by atoms with van der Waals surface area (Å²) in [5, 5.41) is -0.472. The van der Waals surface area contributed by atoms with E-state index in [-0.39, 0.29) is 13.0 Å². The van der Waals surface area contributed by atoms with E-state index < -0.39 is 24.0 Å². The minimum absolute atomic E-state index is 0.000100. The molecule has 6 heteroatoms. The SMILES string of the molecule is O=C1CC(Cl)CN1CC(F)(F)F. The van der Waals surface area contributed by atoms with Crippen molar-refractivity contribution >= 4 is 17.5 Å². The number of amides is 1. The number of carbonyl (C=O) groups is 1. The molecule has 0 aromatic heterocycles. The standard InChI is InChI=1S/C6H7ClF3NO/c7-4-1-5(12)11(2-4)3-6(8,9)10/h4H,1-3H2. The minimum atomic E-state index is -4.32. The predicted molar refractivity (Wildman–Crippen MR) is 36.9 cm³/mol. The fraction of sp³-hybridized carbons (Fsp3) is 0.833. The van der Waals surface area contributed by atoms with Gasteiger partial charge in [0.05, 0.1) is 5.38 Å². The van der Waals surface area contributed by atoms with Crippen molar-refractivity contribution in [2.45, 2.75) is 18.0 Å². The van der Waals surface area contributed by atoms with Crippen molar-refractivity contribution in [3.05, 3.63) is 0 Å². The highest BCUT2D eigenvalue weighted by Gasteiger charge is 2.37. The van der Waals surface area contributed by atoms with Gasteiger partial charge in [0.1, 0.15) is 6.54 Å². The first-order valence-corrected chi connectivity index (χ1v) is 3.81. The molecule has 1 aliphatic heterocycles. The Bertz CT molecular complexity index is 194. The maximum atomic E-state index is 11.8. The average Bonchev–Trinajstić information content (AvgIpc) is 2.06. The van der Waals surface area contributed by atoms with Crippen molar-refractivity contribution in [1.29, 1.82) is 0 Å². The Morgan fingerprint density at radius 1 is 1.58 bits per heavy atom. The molecule has 0 radical (unpaired) electrons. The zero-order chi connectivity index (χ0) is 9.35. The van der Waals surface area contributed by atoms with Gasteiger partial charge in [0.2, 0.25) is 5.91 Å². The van der Waals surface area contributed by atoms with Gasteiger partial charge in [0.25, 0.3) is 0 Å². The van der Waals surface area contributed by atoms with E-state index in [0.717, 1.165) is 4.90 Å². The maximum Gasteiger partial charge on any atom is 0.406 e. The molecule has 1 aliphatic rings. The van der Waals surface area contributed by atoms with Crippen molar-refractivity contribution in [2.75, 3.05) is 13.1 Å². The summed E-state index contributed by atoms with van der Waals surface area (Å²) in [6.07, 6.45) is -4.31. The highest BCUT2D eigenvalue weighted by atomic mass is 35.5. The summed E-state index contributed by atoms with van der Waals surface area (Å²) in [4.78, 5) is 11.5. The lowest BCUT2D eigenvalue weighted by Crippen LogP contribution is -2.35. The van der Waals surface area contributed by atoms with Crippen molar-refractivity contribution in [3.8, 4) is 0 Å². The third-order valence-electron chi connectivity index (χ3n) is 1.54. The Balaban J connectivity index is 2.49. The molecule has 12 heavy (non-hydrogen) atoms. The van der Waals surface area contributed by atoms with Crippen LogP contribution in [0.5, 0.6) is 0 Å². The van der Waals surface area contributed by atoms with Crippen LogP contribution >= 0.6 is 11.6 Å². The number of hydrogen-bond acceptors (Lipinski definition) is 1. The van der Waals surface area contributed by atoms with E-state index in [0.29, 0.717) is 0 Å². The van der Waals surface area contributed by atoms with E-state index in [9.17, 15) is 18.0 Å². The van der Waals surface area contributed by atoms with Crippen LogP contribution in [0.25, 0.3) is 0 Å². The van der Waals surface area contributed by atoms with Crippen LogP contribution in [0.3, 0.4) is 0 Å². The second-order valence-electron chi connectivity index (χ2n) is 2.69. The second kappa shape index (κ2) is 3.12. The van der Waals surface area contributed by atoms with Crippen LogP contribution in [0.1, 0.15) is 6.42 Å². The number of carbonyl (C=O) groups excluding carboxylic acids is 1. The topological polar surface area (TPSA) is 20.3 Å². The smallest absolute Gasteiger partial charge is 0.332 e. The number of rotatable bonds is 1. The number of hydrogen-bond donors (Lipinski definition) is 0. The fourth-order valence-corrected chi connectivity index (χ4v) is 1.39. The first kappa shape index (κ1) is 9.64. The van der Waals surface area contributed by atoms with Crippen LogP contribution < -0.4 is 0 Å². The molecule has 1 fully saturated rings. The van der Waals surface area contributed by atoms with Crippen molar-refractivity contribution < 1.29 is 18.0 Å². The lowest BCUT2D eigenvalue weighted by molar-refractivity contribution is -0.157. The number of alkyl halides is 4. The molecule has 0 aromatic rings. The largest absolute Gasteiger partial charge is 0.406 e. The molecule has 0 spiro atoms. The summed E-state index contributed by atoms with van der Waals surface area (Å²) >= 11 is 5.50. The fourth-order valence-electron chi connectivity index (χ4n) is 1.09. The van der Waals surface area contributed by atoms with Gasteiger partial charge in [-0.2, -0.15) is 13.2 Å². The van der Waals surface area contributed by atoms with Gasteiger partial charge in [0, 0.05) is 13.0 Å². The van der Waals surface area contributed by atoms with Gasteiger partial charge in [-0.05, 0) is 0 Å². The van der Waals surface area contributed by atoms with E-state index in [1.807, 2.05) is 0 Å². The molecular formula is C6H7ClF3NO. The molecule has 0 bridgehead atoms. The van der Waals surface area contributed by atoms with Crippen molar-refractivity contribution in [1.82, 2.24) is 4.90 Å². The second-order valence-corrected chi connectivity index (χ2v) is 3.31. The zero-order valence-corrected chi connectivity index (χ0v) is 6.82. The molecule has 1 heterocycles. The van der Waals surface area contributed by atoms with E-state index in [4.69, 9.17) is 11.6 Å². The van der Waals surface area contributed by atoms with Gasteiger partial charge in [-0.15, -0.1) is 11.6 Å². The first-order valence-electron chi connectivity index (χ1n) is 3.37. The van der Waals surface area contributed by atoms with Gasteiger partial charge in [-0.1, -0.05) is 0 Å². The lowest BCUT2D eigenvalue weighted by Gasteiger charge is -2.17. The quantitative estimate of drug-likeness (QED) is 0.587. The van der Waals surface area contributed by atoms with E-state index >= 15 is 0 Å². The van der Waals surface area contributed by atoms with Gasteiger partial charge in [-0.3, -0.25) is 4.79 Å². The highest BCUT2D eigenvalue weighted by Crippen LogP contribution is 2.22. The Morgan fingerprint density at radius 3 is 2.50 bits per heavy atom. The Labute approximate surface area is 72.3 Å². The Kier molecular flexibility index (Phi) is 2.51. The van der Waals surface area contributed by atoms with Crippen LogP contribution in [0.4, 0.5) is 13.2 Å². The Hall–Kier alpha value is -0.450. The molecule has 0 saturated carbocycles. The van der Waals surface area contributed by atoms with E-state index in [1.165, 1.54) is 0 Å². The summed E-state index contributed by atoms with van der Waals surface area (Å²) < 4.78 is 35.3. The summed E-state index contributed by atoms with van der Waals surface area (Å²) in [5.41, 5.74) is 0. The normalized spacial score (nSPS) is 25.2. The van der Waals surface area contributed by atoms with Crippen LogP contribution in [0, 0.1) is 0 Å². The van der Waals surface area contributed by atoms with Gasteiger partial charge in [-0.25, -0.2) is 0 Å². The molecule has 0 aromatic carbocycles. The Morgan fingerprint density at radius 2 is 2.17 bits per heavy atom. The maximum absolute atomic E-state index is 11.8. The van der Waals surface area contributed by atoms with Crippen LogP contribution in [-0.2, 0) is 4.79 Å². The van der Waals surface area contributed by atoms with Crippen LogP contribution in [0.2, 0.25) is 0 Å². The molecule has 1 saturated heterocycles. The first-order chi connectivity index (χ1) is 5.38. The molecule has 0 aliphatic carbocycles. The number of nitrogens with zero attached hydrogens (tertiary/aromatic N) is 1.